The first-order valence-corrected chi connectivity index (χ1v) is 10.9. The van der Waals surface area contributed by atoms with Gasteiger partial charge in [-0.2, -0.15) is 4.68 Å². The molecule has 7 heteroatoms. The number of thiophene rings is 1. The van der Waals surface area contributed by atoms with Gasteiger partial charge in [-0.05, 0) is 69.6 Å². The van der Waals surface area contributed by atoms with Crippen molar-refractivity contribution in [3.63, 3.8) is 0 Å². The third-order valence-electron chi connectivity index (χ3n) is 5.82. The molecule has 1 aliphatic rings. The molecular formula is C22H26N4O2S. The Labute approximate surface area is 173 Å². The zero-order valence-electron chi connectivity index (χ0n) is 17.5. The molecular weight excluding hydrogens is 384 g/mol. The maximum Gasteiger partial charge on any atom is 0.279 e. The minimum atomic E-state index is -0.752. The molecule has 1 aromatic carbocycles. The van der Waals surface area contributed by atoms with Crippen LogP contribution >= 0.6 is 11.3 Å². The normalized spacial score (nSPS) is 17.2. The fraction of sp³-hybridized carbons (Fsp3) is 0.455. The lowest BCUT2D eigenvalue weighted by molar-refractivity contribution is -0.119. The molecule has 0 spiro atoms. The summed E-state index contributed by atoms with van der Waals surface area (Å²) < 4.78 is 1.22. The molecule has 3 aromatic rings. The van der Waals surface area contributed by atoms with Gasteiger partial charge in [-0.3, -0.25) is 9.59 Å². The summed E-state index contributed by atoms with van der Waals surface area (Å²) in [4.78, 5) is 28.1. The van der Waals surface area contributed by atoms with E-state index in [-0.39, 0.29) is 11.5 Å². The summed E-state index contributed by atoms with van der Waals surface area (Å²) in [5, 5.41) is 12.0. The van der Waals surface area contributed by atoms with Crippen molar-refractivity contribution in [1.29, 1.82) is 0 Å². The Hall–Kier alpha value is -2.54. The molecule has 2 heterocycles. The van der Waals surface area contributed by atoms with Crippen LogP contribution in [0.5, 0.6) is 0 Å². The van der Waals surface area contributed by atoms with E-state index in [2.05, 4.69) is 22.6 Å². The summed E-state index contributed by atoms with van der Waals surface area (Å²) in [7, 11) is 0. The number of fused-ring (bicyclic) bond motifs is 3. The van der Waals surface area contributed by atoms with Gasteiger partial charge in [0.2, 0.25) is 5.91 Å². The molecule has 0 saturated heterocycles. The molecule has 0 saturated carbocycles. The van der Waals surface area contributed by atoms with Gasteiger partial charge in [0.25, 0.3) is 5.56 Å². The van der Waals surface area contributed by atoms with Gasteiger partial charge in [0, 0.05) is 10.6 Å². The second-order valence-corrected chi connectivity index (χ2v) is 9.39. The number of nitrogens with zero attached hydrogens (tertiary/aromatic N) is 3. The number of aromatic nitrogens is 3. The molecule has 2 atom stereocenters. The highest BCUT2D eigenvalue weighted by molar-refractivity contribution is 7.18. The number of aryl methyl sites for hydroxylation is 4. The van der Waals surface area contributed by atoms with Gasteiger partial charge in [-0.1, -0.05) is 29.8 Å². The van der Waals surface area contributed by atoms with Gasteiger partial charge >= 0.3 is 0 Å². The molecule has 0 fully saturated rings. The van der Waals surface area contributed by atoms with Crippen molar-refractivity contribution in [3.05, 3.63) is 49.6 Å². The van der Waals surface area contributed by atoms with E-state index >= 15 is 0 Å². The minimum absolute atomic E-state index is 0.220. The quantitative estimate of drug-likeness (QED) is 0.705. The monoisotopic (exact) mass is 410 g/mol. The van der Waals surface area contributed by atoms with Crippen LogP contribution in [0.2, 0.25) is 0 Å². The van der Waals surface area contributed by atoms with Crippen molar-refractivity contribution in [2.24, 2.45) is 5.92 Å². The van der Waals surface area contributed by atoms with Crippen LogP contribution in [0.3, 0.4) is 0 Å². The van der Waals surface area contributed by atoms with Crippen LogP contribution in [0.25, 0.3) is 10.2 Å². The molecule has 4 rings (SSSR count). The topological polar surface area (TPSA) is 76.9 Å². The van der Waals surface area contributed by atoms with Crippen LogP contribution < -0.4 is 10.9 Å². The second kappa shape index (κ2) is 7.37. The second-order valence-electron chi connectivity index (χ2n) is 8.31. The largest absolute Gasteiger partial charge is 0.324 e. The van der Waals surface area contributed by atoms with Gasteiger partial charge in [-0.25, -0.2) is 0 Å². The first-order chi connectivity index (χ1) is 13.8. The van der Waals surface area contributed by atoms with Crippen LogP contribution in [0.4, 0.5) is 5.69 Å². The number of hydrogen-bond acceptors (Lipinski definition) is 5. The summed E-state index contributed by atoms with van der Waals surface area (Å²) >= 11 is 1.57. The molecule has 1 N–H and O–H groups in total. The lowest BCUT2D eigenvalue weighted by Crippen LogP contribution is -2.34. The molecule has 0 bridgehead atoms. The Morgan fingerprint density at radius 1 is 1.28 bits per heavy atom. The molecule has 2 aromatic heterocycles. The Balaban J connectivity index is 1.69. The van der Waals surface area contributed by atoms with Crippen molar-refractivity contribution in [3.8, 4) is 0 Å². The van der Waals surface area contributed by atoms with Crippen molar-refractivity contribution in [2.75, 3.05) is 5.32 Å². The standard InChI is InChI=1S/C22H26N4O2S/c1-11-6-7-16-17(10-11)29-21-18(16)22(28)26(25-24-21)15(5)20(27)23-19-13(3)8-12(2)9-14(19)4/h8-9,11,15H,6-7,10H2,1-5H3,(H,23,27)/t11-,15-/m1/s1. The molecule has 0 aliphatic heterocycles. The molecule has 0 unspecified atom stereocenters. The number of rotatable bonds is 3. The molecule has 29 heavy (non-hydrogen) atoms. The minimum Gasteiger partial charge on any atom is -0.324 e. The van der Waals surface area contributed by atoms with Crippen molar-refractivity contribution < 1.29 is 4.79 Å². The van der Waals surface area contributed by atoms with Crippen LogP contribution in [-0.2, 0) is 17.6 Å². The SMILES string of the molecule is Cc1cc(C)c(NC(=O)[C@@H](C)n2nnc3sc4c(c3c2=O)CC[C@@H](C)C4)c(C)c1. The first-order valence-electron chi connectivity index (χ1n) is 10.0. The van der Waals surface area contributed by atoms with Gasteiger partial charge in [0.05, 0.1) is 5.39 Å². The number of benzene rings is 1. The van der Waals surface area contributed by atoms with Crippen molar-refractivity contribution in [2.45, 2.75) is 59.9 Å². The van der Waals surface area contributed by atoms with Crippen molar-refractivity contribution >= 4 is 33.1 Å². The smallest absolute Gasteiger partial charge is 0.279 e. The average molecular weight is 411 g/mol. The molecule has 0 radical (unpaired) electrons. The Bertz CT molecular complexity index is 1150. The van der Waals surface area contributed by atoms with E-state index < -0.39 is 6.04 Å². The highest BCUT2D eigenvalue weighted by atomic mass is 32.1. The lowest BCUT2D eigenvalue weighted by Gasteiger charge is -2.18. The van der Waals surface area contributed by atoms with E-state index in [1.807, 2.05) is 32.9 Å². The maximum atomic E-state index is 13.2. The third kappa shape index (κ3) is 3.48. The zero-order chi connectivity index (χ0) is 20.9. The van der Waals surface area contributed by atoms with Gasteiger partial charge in [0.15, 0.2) is 4.83 Å². The molecule has 152 valence electrons. The van der Waals surface area contributed by atoms with Crippen LogP contribution in [0.1, 0.15) is 53.4 Å². The number of anilines is 1. The molecule has 1 amide bonds. The number of hydrogen-bond donors (Lipinski definition) is 1. The first kappa shape index (κ1) is 19.8. The highest BCUT2D eigenvalue weighted by Gasteiger charge is 2.26. The Morgan fingerprint density at radius 3 is 2.66 bits per heavy atom. The van der Waals surface area contributed by atoms with E-state index in [0.29, 0.717) is 16.1 Å². The summed E-state index contributed by atoms with van der Waals surface area (Å²) in [5.74, 6) is 0.352. The average Bonchev–Trinajstić information content (AvgIpc) is 3.02. The molecule has 1 aliphatic carbocycles. The van der Waals surface area contributed by atoms with Gasteiger partial charge < -0.3 is 5.32 Å². The van der Waals surface area contributed by atoms with Gasteiger partial charge in [-0.15, -0.1) is 16.4 Å². The summed E-state index contributed by atoms with van der Waals surface area (Å²) in [5.41, 5.74) is 4.82. The Morgan fingerprint density at radius 2 is 1.97 bits per heavy atom. The van der Waals surface area contributed by atoms with Gasteiger partial charge in [0.1, 0.15) is 6.04 Å². The Kier molecular flexibility index (Phi) is 5.02. The molecule has 6 nitrogen and oxygen atoms in total. The predicted octanol–water partition coefficient (Wildman–Crippen LogP) is 4.10. The van der Waals surface area contributed by atoms with Crippen molar-refractivity contribution in [1.82, 2.24) is 15.0 Å². The number of amides is 1. The van der Waals surface area contributed by atoms with E-state index in [0.717, 1.165) is 47.2 Å². The van der Waals surface area contributed by atoms with Crippen LogP contribution in [-0.4, -0.2) is 20.9 Å². The highest BCUT2D eigenvalue weighted by Crippen LogP contribution is 2.35. The third-order valence-corrected chi connectivity index (χ3v) is 6.96. The lowest BCUT2D eigenvalue weighted by atomic mass is 9.89. The predicted molar refractivity (Wildman–Crippen MR) is 117 cm³/mol. The van der Waals surface area contributed by atoms with E-state index in [1.54, 1.807) is 18.3 Å². The summed E-state index contributed by atoms with van der Waals surface area (Å²) in [6, 6.07) is 3.31. The van der Waals surface area contributed by atoms with E-state index in [1.165, 1.54) is 9.56 Å². The number of nitrogens with one attached hydrogen (secondary N) is 1. The number of carbonyl (C=O) groups is 1. The van der Waals surface area contributed by atoms with E-state index in [4.69, 9.17) is 0 Å². The van der Waals surface area contributed by atoms with Crippen LogP contribution in [0, 0.1) is 26.7 Å². The number of carbonyl (C=O) groups excluding carboxylic acids is 1. The fourth-order valence-corrected chi connectivity index (χ4v) is 5.56. The van der Waals surface area contributed by atoms with Crippen LogP contribution in [0.15, 0.2) is 16.9 Å². The fourth-order valence-electron chi connectivity index (χ4n) is 4.24. The summed E-state index contributed by atoms with van der Waals surface area (Å²) in [6.07, 6.45) is 2.94. The maximum absolute atomic E-state index is 13.2. The summed E-state index contributed by atoms with van der Waals surface area (Å²) in [6.45, 7) is 9.89. The zero-order valence-corrected chi connectivity index (χ0v) is 18.3. The van der Waals surface area contributed by atoms with E-state index in [9.17, 15) is 9.59 Å².